The van der Waals surface area contributed by atoms with E-state index in [0.717, 1.165) is 5.56 Å². The molecule has 2 atom stereocenters. The molecule has 14 heteroatoms. The molecule has 11 nitrogen and oxygen atoms in total. The number of benzene rings is 2. The Morgan fingerprint density at radius 2 is 1.80 bits per heavy atom. The Hall–Kier alpha value is -3.62. The van der Waals surface area contributed by atoms with Crippen molar-refractivity contribution in [2.45, 2.75) is 23.4 Å². The maximum Gasteiger partial charge on any atom is 0.253 e. The fourth-order valence-electron chi connectivity index (χ4n) is 4.73. The van der Waals surface area contributed by atoms with Crippen LogP contribution in [0.3, 0.4) is 0 Å². The number of halogens is 1. The van der Waals surface area contributed by atoms with Gasteiger partial charge in [0.25, 0.3) is 5.91 Å². The van der Waals surface area contributed by atoms with Gasteiger partial charge in [0.2, 0.25) is 5.91 Å². The molecule has 1 aromatic heterocycles. The van der Waals surface area contributed by atoms with Gasteiger partial charge in [0.1, 0.15) is 6.04 Å². The first kappa shape index (κ1) is 27.9. The molecule has 0 spiro atoms. The minimum absolute atomic E-state index is 0.133. The molecule has 210 valence electrons. The predicted molar refractivity (Wildman–Crippen MR) is 159 cm³/mol. The Bertz CT molecular complexity index is 1490. The fraction of sp³-hybridized carbons (Fsp3) is 0.231. The third-order valence-corrected chi connectivity index (χ3v) is 9.33. The van der Waals surface area contributed by atoms with Crippen LogP contribution in [0.25, 0.3) is 0 Å². The van der Waals surface area contributed by atoms with E-state index in [4.69, 9.17) is 23.8 Å². The summed E-state index contributed by atoms with van der Waals surface area (Å²) >= 11 is 11.9. The lowest BCUT2D eigenvalue weighted by molar-refractivity contribution is -0.128. The summed E-state index contributed by atoms with van der Waals surface area (Å²) in [6.07, 6.45) is 1.89. The predicted octanol–water partition coefficient (Wildman–Crippen LogP) is 3.75. The molecule has 1 saturated heterocycles. The van der Waals surface area contributed by atoms with Crippen LogP contribution in [0.5, 0.6) is 0 Å². The molecule has 3 aromatic rings. The Morgan fingerprint density at radius 1 is 1.10 bits per heavy atom. The molecule has 0 radical (unpaired) electrons. The molecule has 5 rings (SSSR count). The van der Waals surface area contributed by atoms with Crippen molar-refractivity contribution in [2.75, 3.05) is 30.4 Å². The number of likely N-dealkylation sites (N-methyl/N-ethyl adjacent to an activating group) is 1. The maximum absolute atomic E-state index is 12.6. The standard InChI is InChI=1S/C26H28ClN7O4S2/c1-33-12-11-19(25(33)36)29-24(35)15-13-18(27)23(28-14-15)31-32-26(39)30-22-16-7-3-5-9-20(16)34(2)40(37,38)21-10-6-4-8-17(21)22/h3-10,13-14,19,22,37-38H,11-12H2,1-2H3,(H,28,31)(H,29,35)(H2,30,32,39). The van der Waals surface area contributed by atoms with Crippen molar-refractivity contribution in [3.8, 4) is 0 Å². The van der Waals surface area contributed by atoms with E-state index in [1.165, 1.54) is 16.6 Å². The zero-order valence-corrected chi connectivity index (χ0v) is 24.0. The lowest BCUT2D eigenvalue weighted by Gasteiger charge is -2.41. The van der Waals surface area contributed by atoms with Crippen LogP contribution in [0, 0.1) is 0 Å². The van der Waals surface area contributed by atoms with Gasteiger partial charge in [0.15, 0.2) is 10.9 Å². The van der Waals surface area contributed by atoms with Crippen molar-refractivity contribution in [3.63, 3.8) is 0 Å². The quantitative estimate of drug-likeness (QED) is 0.189. The highest BCUT2D eigenvalue weighted by Crippen LogP contribution is 2.58. The summed E-state index contributed by atoms with van der Waals surface area (Å²) in [5.74, 6) is -0.345. The molecule has 0 saturated carbocycles. The highest BCUT2D eigenvalue weighted by molar-refractivity contribution is 8.25. The number of aromatic nitrogens is 1. The summed E-state index contributed by atoms with van der Waals surface area (Å²) in [5.41, 5.74) is 8.05. The van der Waals surface area contributed by atoms with E-state index in [1.807, 2.05) is 36.4 Å². The first-order valence-corrected chi connectivity index (χ1v) is 14.6. The van der Waals surface area contributed by atoms with Gasteiger partial charge >= 0.3 is 0 Å². The molecule has 0 aliphatic carbocycles. The number of nitrogens with zero attached hydrogens (tertiary/aromatic N) is 3. The van der Waals surface area contributed by atoms with Crippen molar-refractivity contribution < 1.29 is 18.7 Å². The highest BCUT2D eigenvalue weighted by Gasteiger charge is 2.35. The molecule has 2 amide bonds. The largest absolute Gasteiger partial charge is 0.350 e. The molecule has 6 N–H and O–H groups in total. The zero-order valence-electron chi connectivity index (χ0n) is 21.6. The molecular formula is C26H28ClN7O4S2. The minimum atomic E-state index is -3.29. The number of thiocarbonyl (C=S) groups is 1. The second-order valence-electron chi connectivity index (χ2n) is 9.40. The zero-order chi connectivity index (χ0) is 28.6. The van der Waals surface area contributed by atoms with E-state index in [1.54, 1.807) is 31.1 Å². The van der Waals surface area contributed by atoms with Gasteiger partial charge in [-0.25, -0.2) is 4.98 Å². The van der Waals surface area contributed by atoms with Crippen molar-refractivity contribution in [3.05, 3.63) is 82.5 Å². The summed E-state index contributed by atoms with van der Waals surface area (Å²) in [5, 5.41) is 6.32. The van der Waals surface area contributed by atoms with Crippen molar-refractivity contribution in [2.24, 2.45) is 0 Å². The number of hydrazine groups is 1. The molecular weight excluding hydrogens is 574 g/mol. The van der Waals surface area contributed by atoms with Crippen LogP contribution in [-0.2, 0) is 4.79 Å². The van der Waals surface area contributed by atoms with Gasteiger partial charge in [-0.3, -0.25) is 33.9 Å². The Balaban J connectivity index is 1.30. The molecule has 2 unspecified atom stereocenters. The van der Waals surface area contributed by atoms with Gasteiger partial charge in [-0.1, -0.05) is 58.8 Å². The number of nitrogens with one attached hydrogen (secondary N) is 4. The number of para-hydroxylation sites is 1. The van der Waals surface area contributed by atoms with Gasteiger partial charge < -0.3 is 15.5 Å². The van der Waals surface area contributed by atoms with E-state index in [2.05, 4.69) is 26.5 Å². The molecule has 2 aliphatic rings. The average molecular weight is 602 g/mol. The number of rotatable bonds is 5. The Kier molecular flexibility index (Phi) is 7.75. The van der Waals surface area contributed by atoms with Crippen LogP contribution in [0.2, 0.25) is 5.02 Å². The van der Waals surface area contributed by atoms with Gasteiger partial charge in [-0.05, 0) is 36.8 Å². The van der Waals surface area contributed by atoms with E-state index in [9.17, 15) is 18.7 Å². The van der Waals surface area contributed by atoms with E-state index < -0.39 is 28.8 Å². The lowest BCUT2D eigenvalue weighted by Crippen LogP contribution is -2.41. The summed E-state index contributed by atoms with van der Waals surface area (Å²) in [7, 11) is 0.0472. The molecule has 2 aromatic carbocycles. The van der Waals surface area contributed by atoms with Crippen molar-refractivity contribution in [1.82, 2.24) is 25.9 Å². The summed E-state index contributed by atoms with van der Waals surface area (Å²) < 4.78 is 23.7. The maximum atomic E-state index is 12.6. The number of hydrogen-bond acceptors (Lipinski definition) is 8. The van der Waals surface area contributed by atoms with Gasteiger partial charge in [-0.2, -0.15) is 0 Å². The summed E-state index contributed by atoms with van der Waals surface area (Å²) in [4.78, 5) is 30.9. The van der Waals surface area contributed by atoms with Crippen LogP contribution in [-0.4, -0.2) is 62.6 Å². The SMILES string of the molecule is CN1CCC(NC(=O)c2cnc(NNC(=S)NC3c4ccccc4N(C)S(O)(O)c4ccccc43)c(Cl)c2)C1=O. The van der Waals surface area contributed by atoms with Crippen LogP contribution >= 0.6 is 34.6 Å². The van der Waals surface area contributed by atoms with Crippen LogP contribution < -0.4 is 25.8 Å². The smallest absolute Gasteiger partial charge is 0.253 e. The van der Waals surface area contributed by atoms with Gasteiger partial charge in [0, 0.05) is 38.0 Å². The average Bonchev–Trinajstić information content (AvgIpc) is 3.23. The van der Waals surface area contributed by atoms with Crippen LogP contribution in [0.4, 0.5) is 11.5 Å². The molecule has 1 fully saturated rings. The number of anilines is 2. The second kappa shape index (κ2) is 11.1. The molecule has 0 bridgehead atoms. The molecule has 3 heterocycles. The van der Waals surface area contributed by atoms with Gasteiger partial charge in [0.05, 0.1) is 27.2 Å². The monoisotopic (exact) mass is 601 g/mol. The number of fused-ring (bicyclic) bond motifs is 2. The number of carbonyl (C=O) groups is 2. The number of carbonyl (C=O) groups excluding carboxylic acids is 2. The van der Waals surface area contributed by atoms with E-state index >= 15 is 0 Å². The van der Waals surface area contributed by atoms with Crippen LogP contribution in [0.1, 0.15) is 33.9 Å². The molecule has 2 aliphatic heterocycles. The third-order valence-electron chi connectivity index (χ3n) is 6.90. The van der Waals surface area contributed by atoms with Gasteiger partial charge in [-0.15, -0.1) is 0 Å². The first-order chi connectivity index (χ1) is 19.1. The second-order valence-corrected chi connectivity index (χ2v) is 12.2. The number of amides is 2. The third kappa shape index (κ3) is 5.25. The normalized spacial score (nSPS) is 20.1. The van der Waals surface area contributed by atoms with Crippen molar-refractivity contribution in [1.29, 1.82) is 0 Å². The first-order valence-electron chi connectivity index (χ1n) is 12.3. The number of hydrogen-bond donors (Lipinski definition) is 6. The Morgan fingerprint density at radius 3 is 2.50 bits per heavy atom. The van der Waals surface area contributed by atoms with Crippen molar-refractivity contribution >= 4 is 63.0 Å². The minimum Gasteiger partial charge on any atom is -0.350 e. The fourth-order valence-corrected chi connectivity index (χ4v) is 6.61. The summed E-state index contributed by atoms with van der Waals surface area (Å²) in [6, 6.07) is 14.9. The number of likely N-dealkylation sites (tertiary alicyclic amines) is 1. The molecule has 40 heavy (non-hydrogen) atoms. The number of pyridine rings is 1. The summed E-state index contributed by atoms with van der Waals surface area (Å²) in [6.45, 7) is 0.585. The Labute approximate surface area is 243 Å². The topological polar surface area (TPSA) is 142 Å². The highest BCUT2D eigenvalue weighted by atomic mass is 35.5. The van der Waals surface area contributed by atoms with E-state index in [-0.39, 0.29) is 27.4 Å². The lowest BCUT2D eigenvalue weighted by atomic mass is 9.97. The van der Waals surface area contributed by atoms with E-state index in [0.29, 0.717) is 29.1 Å². The van der Waals surface area contributed by atoms with Crippen LogP contribution in [0.15, 0.2) is 65.7 Å².